The number of pyridine rings is 1. The van der Waals surface area contributed by atoms with E-state index >= 15 is 0 Å². The van der Waals surface area contributed by atoms with Crippen LogP contribution < -0.4 is 5.32 Å². The van der Waals surface area contributed by atoms with Crippen LogP contribution in [0.15, 0.2) is 53.0 Å². The van der Waals surface area contributed by atoms with Crippen molar-refractivity contribution in [3.63, 3.8) is 0 Å². The van der Waals surface area contributed by atoms with E-state index in [0.29, 0.717) is 16.6 Å². The molecule has 0 unspecified atom stereocenters. The second-order valence-corrected chi connectivity index (χ2v) is 8.87. The Hall–Kier alpha value is -3.73. The Morgan fingerprint density at radius 1 is 1.06 bits per heavy atom. The van der Waals surface area contributed by atoms with E-state index in [-0.39, 0.29) is 11.8 Å². The molecule has 1 saturated carbocycles. The second-order valence-electron chi connectivity index (χ2n) is 7.88. The number of hydrogen-bond acceptors (Lipinski definition) is 7. The number of fused-ring (bicyclic) bond motifs is 2. The van der Waals surface area contributed by atoms with Crippen molar-refractivity contribution in [2.75, 3.05) is 5.32 Å². The van der Waals surface area contributed by atoms with E-state index in [1.165, 1.54) is 11.8 Å². The molecule has 1 amide bonds. The highest BCUT2D eigenvalue weighted by atomic mass is 32.2. The van der Waals surface area contributed by atoms with Crippen LogP contribution in [-0.2, 0) is 11.8 Å². The molecule has 1 fully saturated rings. The van der Waals surface area contributed by atoms with Crippen LogP contribution in [0.2, 0.25) is 0 Å². The molecule has 0 spiro atoms. The first-order chi connectivity index (χ1) is 15.5. The van der Waals surface area contributed by atoms with E-state index < -0.39 is 0 Å². The molecule has 0 atom stereocenters. The summed E-state index contributed by atoms with van der Waals surface area (Å²) < 4.78 is 5.59. The largest absolute Gasteiger partial charge is 0.338 e. The number of carbonyl (C=O) groups is 1. The maximum Gasteiger partial charge on any atom is 0.228 e. The number of hydrogen-bond donors (Lipinski definition) is 1. The number of nitrogens with zero attached hydrogens (tertiary/aromatic N) is 8. The summed E-state index contributed by atoms with van der Waals surface area (Å²) in [7, 11) is 1.98. The summed E-state index contributed by atoms with van der Waals surface area (Å²) in [5.41, 5.74) is 3.30. The number of aromatic nitrogens is 8. The quantitative estimate of drug-likeness (QED) is 0.443. The lowest BCUT2D eigenvalue weighted by Crippen LogP contribution is -2.13. The fourth-order valence-electron chi connectivity index (χ4n) is 3.44. The molecule has 5 heterocycles. The van der Waals surface area contributed by atoms with Gasteiger partial charge in [0.2, 0.25) is 11.1 Å². The molecule has 1 aliphatic rings. The molecule has 160 valence electrons. The molecular weight excluding hydrogens is 426 g/mol. The Kier molecular flexibility index (Phi) is 4.25. The Bertz CT molecular complexity index is 1470. The molecule has 5 aromatic rings. The molecule has 10 nitrogen and oxygen atoms in total. The summed E-state index contributed by atoms with van der Waals surface area (Å²) in [6.07, 6.45) is 7.62. The van der Waals surface area contributed by atoms with Crippen LogP contribution >= 0.6 is 11.8 Å². The first-order valence-corrected chi connectivity index (χ1v) is 11.1. The average molecular weight is 446 g/mol. The summed E-state index contributed by atoms with van der Waals surface area (Å²) in [6.45, 7) is 1.97. The number of nitrogens with one attached hydrogen (secondary N) is 1. The Labute approximate surface area is 186 Å². The van der Waals surface area contributed by atoms with Crippen molar-refractivity contribution < 1.29 is 4.79 Å². The summed E-state index contributed by atoms with van der Waals surface area (Å²) in [5, 5.41) is 17.5. The van der Waals surface area contributed by atoms with Gasteiger partial charge in [-0.25, -0.2) is 14.5 Å². The van der Waals surface area contributed by atoms with Crippen LogP contribution in [0.1, 0.15) is 18.7 Å². The van der Waals surface area contributed by atoms with Crippen LogP contribution in [0, 0.1) is 12.8 Å². The van der Waals surface area contributed by atoms with E-state index in [0.717, 1.165) is 40.6 Å². The van der Waals surface area contributed by atoms with Gasteiger partial charge >= 0.3 is 0 Å². The SMILES string of the molecule is Cc1nc(-c2ccc3nnc(Sc4ccc5nc(NC(=O)C6CC6)cn5n4)n3c2)cn1C. The molecule has 5 aromatic heterocycles. The Morgan fingerprint density at radius 3 is 2.69 bits per heavy atom. The molecule has 1 aliphatic carbocycles. The fraction of sp³-hybridized carbons (Fsp3) is 0.238. The zero-order valence-electron chi connectivity index (χ0n) is 17.4. The Balaban J connectivity index is 1.29. The second kappa shape index (κ2) is 7.16. The van der Waals surface area contributed by atoms with Crippen LogP contribution in [0.3, 0.4) is 0 Å². The van der Waals surface area contributed by atoms with Gasteiger partial charge in [-0.1, -0.05) is 0 Å². The van der Waals surface area contributed by atoms with E-state index in [1.54, 1.807) is 10.7 Å². The van der Waals surface area contributed by atoms with E-state index in [9.17, 15) is 4.79 Å². The molecule has 11 heteroatoms. The van der Waals surface area contributed by atoms with Crippen LogP contribution in [0.25, 0.3) is 22.6 Å². The van der Waals surface area contributed by atoms with Crippen LogP contribution in [0.4, 0.5) is 5.82 Å². The highest BCUT2D eigenvalue weighted by Crippen LogP contribution is 2.30. The lowest BCUT2D eigenvalue weighted by atomic mass is 10.2. The van der Waals surface area contributed by atoms with Crippen molar-refractivity contribution in [2.24, 2.45) is 13.0 Å². The molecule has 0 radical (unpaired) electrons. The fourth-order valence-corrected chi connectivity index (χ4v) is 4.21. The van der Waals surface area contributed by atoms with Crippen molar-refractivity contribution in [3.05, 3.63) is 48.7 Å². The summed E-state index contributed by atoms with van der Waals surface area (Å²) in [4.78, 5) is 21.0. The van der Waals surface area contributed by atoms with Crippen molar-refractivity contribution in [1.29, 1.82) is 0 Å². The molecule has 0 saturated heterocycles. The molecule has 32 heavy (non-hydrogen) atoms. The van der Waals surface area contributed by atoms with Gasteiger partial charge in [-0.3, -0.25) is 9.20 Å². The number of carbonyl (C=O) groups excluding carboxylic acids is 1. The topological polar surface area (TPSA) is 107 Å². The number of amides is 1. The normalized spacial score (nSPS) is 13.8. The lowest BCUT2D eigenvalue weighted by molar-refractivity contribution is -0.117. The third-order valence-corrected chi connectivity index (χ3v) is 6.35. The lowest BCUT2D eigenvalue weighted by Gasteiger charge is -2.02. The maximum absolute atomic E-state index is 12.0. The molecule has 0 aliphatic heterocycles. The first-order valence-electron chi connectivity index (χ1n) is 10.2. The van der Waals surface area contributed by atoms with Gasteiger partial charge in [0.1, 0.15) is 10.9 Å². The monoisotopic (exact) mass is 445 g/mol. The minimum absolute atomic E-state index is 0.0249. The summed E-state index contributed by atoms with van der Waals surface area (Å²) >= 11 is 1.41. The van der Waals surface area contributed by atoms with Gasteiger partial charge in [-0.05, 0) is 55.8 Å². The maximum atomic E-state index is 12.0. The average Bonchev–Trinajstić information content (AvgIpc) is 3.34. The zero-order valence-corrected chi connectivity index (χ0v) is 18.2. The number of aryl methyl sites for hydroxylation is 2. The van der Waals surface area contributed by atoms with Gasteiger partial charge in [0.15, 0.2) is 17.1 Å². The molecule has 0 aromatic carbocycles. The van der Waals surface area contributed by atoms with Crippen molar-refractivity contribution in [1.82, 2.24) is 38.7 Å². The standard InChI is InChI=1S/C21H19N9OS/c1-12-22-15(10-28(12)2)14-5-6-18-25-26-21(29(18)9-14)32-19-8-7-17-23-16(11-30(17)27-19)24-20(31)13-3-4-13/h5-11,13H,3-4H2,1-2H3,(H,24,31). The van der Waals surface area contributed by atoms with Gasteiger partial charge in [0.05, 0.1) is 11.9 Å². The van der Waals surface area contributed by atoms with Gasteiger partial charge in [-0.15, -0.1) is 10.2 Å². The van der Waals surface area contributed by atoms with Crippen LogP contribution in [0.5, 0.6) is 0 Å². The molecule has 1 N–H and O–H groups in total. The molecule has 6 rings (SSSR count). The smallest absolute Gasteiger partial charge is 0.228 e. The number of imidazole rings is 2. The van der Waals surface area contributed by atoms with E-state index in [4.69, 9.17) is 0 Å². The minimum Gasteiger partial charge on any atom is -0.338 e. The summed E-state index contributed by atoms with van der Waals surface area (Å²) in [6, 6.07) is 7.67. The predicted octanol–water partition coefficient (Wildman–Crippen LogP) is 2.98. The third-order valence-electron chi connectivity index (χ3n) is 5.47. The van der Waals surface area contributed by atoms with E-state index in [1.807, 2.05) is 59.6 Å². The van der Waals surface area contributed by atoms with Crippen LogP contribution in [-0.4, -0.2) is 44.7 Å². The van der Waals surface area contributed by atoms with Gasteiger partial charge in [0.25, 0.3) is 0 Å². The molecular formula is C21H19N9OS. The highest BCUT2D eigenvalue weighted by molar-refractivity contribution is 7.99. The van der Waals surface area contributed by atoms with Crippen molar-refractivity contribution >= 4 is 34.8 Å². The van der Waals surface area contributed by atoms with Gasteiger partial charge in [0, 0.05) is 30.9 Å². The number of anilines is 1. The predicted molar refractivity (Wildman–Crippen MR) is 118 cm³/mol. The first kappa shape index (κ1) is 19.0. The van der Waals surface area contributed by atoms with E-state index in [2.05, 4.69) is 30.6 Å². The number of rotatable bonds is 5. The third kappa shape index (κ3) is 3.40. The van der Waals surface area contributed by atoms with Gasteiger partial charge in [-0.2, -0.15) is 5.10 Å². The minimum atomic E-state index is 0.0249. The highest BCUT2D eigenvalue weighted by Gasteiger charge is 2.30. The zero-order chi connectivity index (χ0) is 21.8. The van der Waals surface area contributed by atoms with Gasteiger partial charge < -0.3 is 9.88 Å². The Morgan fingerprint density at radius 2 is 1.91 bits per heavy atom. The van der Waals surface area contributed by atoms with Crippen molar-refractivity contribution in [2.45, 2.75) is 29.9 Å². The summed E-state index contributed by atoms with van der Waals surface area (Å²) in [5.74, 6) is 1.61. The van der Waals surface area contributed by atoms with Crippen molar-refractivity contribution in [3.8, 4) is 11.3 Å². The molecule has 0 bridgehead atoms.